The molecule has 11 heteroatoms. The van der Waals surface area contributed by atoms with Gasteiger partial charge in [0.1, 0.15) is 18.1 Å². The fraction of sp³-hybridized carbons (Fsp3) is 0.522. The number of nitrogens with zero attached hydrogens (tertiary/aromatic N) is 1. The molecule has 1 aromatic carbocycles. The highest BCUT2D eigenvalue weighted by molar-refractivity contribution is 5.96. The monoisotopic (exact) mass is 474 g/mol. The summed E-state index contributed by atoms with van der Waals surface area (Å²) in [5, 5.41) is 26.8. The van der Waals surface area contributed by atoms with E-state index in [4.69, 9.17) is 0 Å². The van der Waals surface area contributed by atoms with Gasteiger partial charge in [-0.05, 0) is 37.8 Å². The highest BCUT2D eigenvalue weighted by Crippen LogP contribution is 2.20. The molecular weight excluding hydrogens is 444 g/mol. The van der Waals surface area contributed by atoms with Crippen LogP contribution >= 0.6 is 0 Å². The van der Waals surface area contributed by atoms with Crippen molar-refractivity contribution >= 4 is 29.7 Å². The zero-order chi connectivity index (χ0) is 24.7. The molecule has 2 fully saturated rings. The topological polar surface area (TPSA) is 165 Å². The summed E-state index contributed by atoms with van der Waals surface area (Å²) >= 11 is 0. The molecule has 2 aliphatic rings. The summed E-state index contributed by atoms with van der Waals surface area (Å²) in [6.45, 7) is 0.904. The number of rotatable bonds is 10. The van der Waals surface area contributed by atoms with Crippen LogP contribution in [0.3, 0.4) is 0 Å². The molecule has 3 amide bonds. The second kappa shape index (κ2) is 11.6. The number of likely N-dealkylation sites (tertiary alicyclic amines) is 1. The molecule has 1 aromatic rings. The maximum Gasteiger partial charge on any atom is 0.326 e. The molecule has 0 radical (unpaired) electrons. The molecule has 4 unspecified atom stereocenters. The van der Waals surface area contributed by atoms with Crippen LogP contribution in [0.2, 0.25) is 0 Å². The lowest BCUT2D eigenvalue weighted by atomic mass is 10.0. The maximum atomic E-state index is 13.3. The Bertz CT molecular complexity index is 917. The van der Waals surface area contributed by atoms with Crippen LogP contribution in [-0.4, -0.2) is 82.0 Å². The van der Waals surface area contributed by atoms with Gasteiger partial charge in [0.15, 0.2) is 0 Å². The lowest BCUT2D eigenvalue weighted by Gasteiger charge is -2.29. The Labute approximate surface area is 196 Å². The lowest BCUT2D eigenvalue weighted by Crippen LogP contribution is -2.58. The average molecular weight is 475 g/mol. The SMILES string of the molecule is O=C(O)CC(NC(=O)C1CCCN1)C(=O)NC(Cc1ccccc1)C(=O)N1CCCC1C(=O)O. The number of amides is 3. The van der Waals surface area contributed by atoms with E-state index in [0.717, 1.165) is 12.0 Å². The summed E-state index contributed by atoms with van der Waals surface area (Å²) in [5.41, 5.74) is 0.737. The Balaban J connectivity index is 1.78. The van der Waals surface area contributed by atoms with Gasteiger partial charge in [-0.15, -0.1) is 0 Å². The largest absolute Gasteiger partial charge is 0.481 e. The van der Waals surface area contributed by atoms with Gasteiger partial charge in [0.2, 0.25) is 17.7 Å². The molecule has 0 saturated carbocycles. The second-order valence-corrected chi connectivity index (χ2v) is 8.59. The van der Waals surface area contributed by atoms with E-state index in [1.54, 1.807) is 30.3 Å². The van der Waals surface area contributed by atoms with Crippen molar-refractivity contribution in [2.75, 3.05) is 13.1 Å². The minimum atomic E-state index is -1.38. The zero-order valence-corrected chi connectivity index (χ0v) is 18.7. The number of carbonyl (C=O) groups is 5. The number of carboxylic acids is 2. The third-order valence-corrected chi connectivity index (χ3v) is 6.11. The van der Waals surface area contributed by atoms with Crippen molar-refractivity contribution in [3.63, 3.8) is 0 Å². The predicted molar refractivity (Wildman–Crippen MR) is 120 cm³/mol. The molecule has 184 valence electrons. The molecule has 2 aliphatic heterocycles. The van der Waals surface area contributed by atoms with Gasteiger partial charge in [-0.2, -0.15) is 0 Å². The zero-order valence-electron chi connectivity index (χ0n) is 18.7. The summed E-state index contributed by atoms with van der Waals surface area (Å²) in [4.78, 5) is 63.1. The first-order chi connectivity index (χ1) is 16.3. The molecule has 34 heavy (non-hydrogen) atoms. The molecule has 11 nitrogen and oxygen atoms in total. The molecule has 4 atom stereocenters. The highest BCUT2D eigenvalue weighted by Gasteiger charge is 2.39. The molecule has 2 saturated heterocycles. The molecule has 0 spiro atoms. The number of carbonyl (C=O) groups excluding carboxylic acids is 3. The van der Waals surface area contributed by atoms with Crippen molar-refractivity contribution in [3.8, 4) is 0 Å². The summed E-state index contributed by atoms with van der Waals surface area (Å²) in [6, 6.07) is 4.90. The Morgan fingerprint density at radius 3 is 2.35 bits per heavy atom. The van der Waals surface area contributed by atoms with Gasteiger partial charge in [0, 0.05) is 13.0 Å². The van der Waals surface area contributed by atoms with Crippen LogP contribution in [0.5, 0.6) is 0 Å². The number of benzene rings is 1. The summed E-state index contributed by atoms with van der Waals surface area (Å²) in [5.74, 6) is -4.24. The standard InChI is InChI=1S/C23H30N4O7/c28-19(29)13-16(25-20(30)15-8-4-10-24-15)21(31)26-17(12-14-6-2-1-3-7-14)22(32)27-11-5-9-18(27)23(33)34/h1-3,6-7,15-18,24H,4-5,8-13H2,(H,25,30)(H,26,31)(H,28,29)(H,33,34). The smallest absolute Gasteiger partial charge is 0.326 e. The van der Waals surface area contributed by atoms with Gasteiger partial charge in [-0.25, -0.2) is 4.79 Å². The van der Waals surface area contributed by atoms with Gasteiger partial charge in [0.25, 0.3) is 0 Å². The van der Waals surface area contributed by atoms with Gasteiger partial charge in [-0.3, -0.25) is 19.2 Å². The molecule has 5 N–H and O–H groups in total. The molecule has 0 bridgehead atoms. The van der Waals surface area contributed by atoms with Crippen LogP contribution in [0.25, 0.3) is 0 Å². The van der Waals surface area contributed by atoms with Gasteiger partial charge in [0.05, 0.1) is 12.5 Å². The normalized spacial score (nSPS) is 21.5. The summed E-state index contributed by atoms with van der Waals surface area (Å²) < 4.78 is 0. The molecule has 0 aliphatic carbocycles. The Morgan fingerprint density at radius 2 is 1.74 bits per heavy atom. The second-order valence-electron chi connectivity index (χ2n) is 8.59. The number of hydrogen-bond donors (Lipinski definition) is 5. The van der Waals surface area contributed by atoms with Crippen LogP contribution in [0.4, 0.5) is 0 Å². The first-order valence-electron chi connectivity index (χ1n) is 11.4. The van der Waals surface area contributed by atoms with E-state index >= 15 is 0 Å². The van der Waals surface area contributed by atoms with Crippen LogP contribution in [0.15, 0.2) is 30.3 Å². The Hall–Kier alpha value is -3.47. The van der Waals surface area contributed by atoms with E-state index in [-0.39, 0.29) is 13.0 Å². The van der Waals surface area contributed by atoms with Crippen LogP contribution in [-0.2, 0) is 30.4 Å². The van der Waals surface area contributed by atoms with Crippen molar-refractivity contribution in [1.82, 2.24) is 20.9 Å². The molecule has 3 rings (SSSR count). The van der Waals surface area contributed by atoms with Crippen LogP contribution < -0.4 is 16.0 Å². The highest BCUT2D eigenvalue weighted by atomic mass is 16.4. The first-order valence-corrected chi connectivity index (χ1v) is 11.4. The van der Waals surface area contributed by atoms with Crippen molar-refractivity contribution in [3.05, 3.63) is 35.9 Å². The Morgan fingerprint density at radius 1 is 1.00 bits per heavy atom. The Kier molecular flexibility index (Phi) is 8.58. The van der Waals surface area contributed by atoms with E-state index in [1.807, 2.05) is 0 Å². The van der Waals surface area contributed by atoms with E-state index in [0.29, 0.717) is 25.8 Å². The van der Waals surface area contributed by atoms with Crippen LogP contribution in [0.1, 0.15) is 37.7 Å². The summed E-state index contributed by atoms with van der Waals surface area (Å²) in [6.07, 6.45) is 1.65. The number of hydrogen-bond acceptors (Lipinski definition) is 6. The molecule has 2 heterocycles. The first kappa shape index (κ1) is 25.2. The molecular formula is C23H30N4O7. The molecule has 0 aromatic heterocycles. The number of nitrogens with one attached hydrogen (secondary N) is 3. The van der Waals surface area contributed by atoms with Crippen molar-refractivity contribution < 1.29 is 34.2 Å². The van der Waals surface area contributed by atoms with Gasteiger partial charge >= 0.3 is 11.9 Å². The third-order valence-electron chi connectivity index (χ3n) is 6.11. The fourth-order valence-corrected chi connectivity index (χ4v) is 4.37. The predicted octanol–water partition coefficient (Wildman–Crippen LogP) is -0.499. The number of carboxylic acid groups (broad SMARTS) is 2. The van der Waals surface area contributed by atoms with E-state index in [2.05, 4.69) is 16.0 Å². The fourth-order valence-electron chi connectivity index (χ4n) is 4.37. The van der Waals surface area contributed by atoms with Gasteiger partial charge in [-0.1, -0.05) is 30.3 Å². The third kappa shape index (κ3) is 6.53. The van der Waals surface area contributed by atoms with Crippen molar-refractivity contribution in [2.45, 2.75) is 62.7 Å². The van der Waals surface area contributed by atoms with Crippen molar-refractivity contribution in [1.29, 1.82) is 0 Å². The maximum absolute atomic E-state index is 13.3. The van der Waals surface area contributed by atoms with Crippen molar-refractivity contribution in [2.24, 2.45) is 0 Å². The van der Waals surface area contributed by atoms with E-state index in [9.17, 15) is 34.2 Å². The quantitative estimate of drug-likeness (QED) is 0.303. The van der Waals surface area contributed by atoms with Crippen LogP contribution in [0, 0.1) is 0 Å². The van der Waals surface area contributed by atoms with Gasteiger partial charge < -0.3 is 31.1 Å². The average Bonchev–Trinajstić information content (AvgIpc) is 3.50. The summed E-state index contributed by atoms with van der Waals surface area (Å²) in [7, 11) is 0. The van der Waals surface area contributed by atoms with E-state index in [1.165, 1.54) is 4.90 Å². The minimum Gasteiger partial charge on any atom is -0.481 e. The number of aliphatic carboxylic acids is 2. The lowest BCUT2D eigenvalue weighted by molar-refractivity contribution is -0.149. The van der Waals surface area contributed by atoms with E-state index < -0.39 is 60.2 Å². The minimum absolute atomic E-state index is 0.0895.